The Bertz CT molecular complexity index is 274. The highest BCUT2D eigenvalue weighted by Gasteiger charge is 2.79. The summed E-state index contributed by atoms with van der Waals surface area (Å²) in [6.07, 6.45) is 2.23. The van der Waals surface area contributed by atoms with Gasteiger partial charge in [0.15, 0.2) is 21.7 Å². The highest BCUT2D eigenvalue weighted by Crippen LogP contribution is 2.71. The van der Waals surface area contributed by atoms with Crippen molar-refractivity contribution in [3.63, 3.8) is 0 Å². The van der Waals surface area contributed by atoms with Gasteiger partial charge in [-0.1, -0.05) is 116 Å². The molecule has 16 heavy (non-hydrogen) atoms. The van der Waals surface area contributed by atoms with Gasteiger partial charge in [0.2, 0.25) is 0 Å². The lowest BCUT2D eigenvalue weighted by atomic mass is 9.95. The predicted molar refractivity (Wildman–Crippen MR) is 75.4 cm³/mol. The normalized spacial score (nSPS) is 33.4. The average Bonchev–Trinajstić information content (AvgIpc) is 1.98. The molecule has 0 aromatic carbocycles. The molecule has 1 saturated carbocycles. The van der Waals surface area contributed by atoms with Gasteiger partial charge in [-0.25, -0.2) is 0 Å². The van der Waals surface area contributed by atoms with E-state index in [0.717, 1.165) is 0 Å². The van der Waals surface area contributed by atoms with Crippen LogP contribution in [0.2, 0.25) is 0 Å². The molecule has 0 amide bonds. The predicted octanol–water partition coefficient (Wildman–Crippen LogP) is 5.95. The van der Waals surface area contributed by atoms with Crippen molar-refractivity contribution in [1.82, 2.24) is 0 Å². The molecule has 0 aromatic rings. The third-order valence-corrected chi connectivity index (χ3v) is 8.35. The van der Waals surface area contributed by atoms with Crippen LogP contribution in [0.15, 0.2) is 0 Å². The van der Waals surface area contributed by atoms with Crippen molar-refractivity contribution >= 4 is 116 Å². The van der Waals surface area contributed by atoms with Gasteiger partial charge in [-0.05, 0) is 0 Å². The zero-order valence-corrected chi connectivity index (χ0v) is 14.3. The summed E-state index contributed by atoms with van der Waals surface area (Å²) in [5.74, 6) is 0. The van der Waals surface area contributed by atoms with E-state index in [1.165, 1.54) is 0 Å². The first-order valence-corrected chi connectivity index (χ1v) is 7.17. The molecule has 0 aliphatic heterocycles. The molecule has 0 N–H and O–H groups in total. The number of rotatable bonds is 0. The molecule has 10 heteroatoms. The summed E-state index contributed by atoms with van der Waals surface area (Å²) < 4.78 is -10.7. The summed E-state index contributed by atoms with van der Waals surface area (Å²) in [5, 5.41) is 0. The monoisotopic (exact) mass is 422 g/mol. The molecule has 94 valence electrons. The van der Waals surface area contributed by atoms with Gasteiger partial charge in [0.05, 0.1) is 6.42 Å². The SMILES string of the molecule is ClC1(Cl)[C]C(Cl)(Cl)C(Cl)(Cl)C(Cl)(Cl)C1(Cl)Cl. The van der Waals surface area contributed by atoms with E-state index in [-0.39, 0.29) is 0 Å². The van der Waals surface area contributed by atoms with Crippen LogP contribution in [0.25, 0.3) is 0 Å². The molecule has 0 spiro atoms. The van der Waals surface area contributed by atoms with Crippen LogP contribution >= 0.6 is 116 Å². The molecule has 0 saturated heterocycles. The first kappa shape index (κ1) is 17.0. The fourth-order valence-corrected chi connectivity index (χ4v) is 4.18. The van der Waals surface area contributed by atoms with E-state index < -0.39 is 21.7 Å². The minimum Gasteiger partial charge on any atom is -0.0974 e. The van der Waals surface area contributed by atoms with Gasteiger partial charge in [0.1, 0.15) is 0 Å². The Balaban J connectivity index is 3.43. The standard InChI is InChI=1S/C6Cl10/c7-2(8)1-3(9,10)5(13,14)6(15,16)4(2,11)12. The first-order chi connectivity index (χ1) is 6.71. The fraction of sp³-hybridized carbons (Fsp3) is 0.833. The quantitative estimate of drug-likeness (QED) is 0.420. The van der Waals surface area contributed by atoms with Crippen LogP contribution in [0.3, 0.4) is 0 Å². The maximum Gasteiger partial charge on any atom is 0.189 e. The van der Waals surface area contributed by atoms with Crippen LogP contribution in [0.5, 0.6) is 0 Å². The van der Waals surface area contributed by atoms with Crippen molar-refractivity contribution in [3.05, 3.63) is 6.42 Å². The van der Waals surface area contributed by atoms with Crippen molar-refractivity contribution < 1.29 is 0 Å². The van der Waals surface area contributed by atoms with Gasteiger partial charge in [-0.2, -0.15) is 0 Å². The highest BCUT2D eigenvalue weighted by molar-refractivity contribution is 6.78. The molecule has 0 aromatic heterocycles. The van der Waals surface area contributed by atoms with E-state index in [1.807, 2.05) is 0 Å². The number of hydrogen-bond donors (Lipinski definition) is 0. The number of hydrogen-bond acceptors (Lipinski definition) is 0. The molecule has 1 rings (SSSR count). The second-order valence-electron chi connectivity index (χ2n) is 3.00. The Hall–Kier alpha value is 2.90. The molecule has 0 unspecified atom stereocenters. The number of halogens is 10. The number of alkyl halides is 10. The molecule has 0 nitrogen and oxygen atoms in total. The maximum atomic E-state index is 5.88. The second-order valence-corrected chi connectivity index (χ2v) is 9.63. The van der Waals surface area contributed by atoms with Crippen molar-refractivity contribution in [2.45, 2.75) is 21.7 Å². The van der Waals surface area contributed by atoms with Gasteiger partial charge in [-0.3, -0.25) is 0 Å². The Kier molecular flexibility index (Phi) is 4.71. The molecular weight excluding hydrogens is 427 g/mol. The van der Waals surface area contributed by atoms with Crippen molar-refractivity contribution in [2.75, 3.05) is 0 Å². The topological polar surface area (TPSA) is 0 Å². The summed E-state index contributed by atoms with van der Waals surface area (Å²) in [7, 11) is 0. The molecule has 1 aliphatic rings. The lowest BCUT2D eigenvalue weighted by molar-refractivity contribution is 0.462. The maximum absolute atomic E-state index is 5.88. The van der Waals surface area contributed by atoms with Crippen LogP contribution < -0.4 is 0 Å². The summed E-state index contributed by atoms with van der Waals surface area (Å²) in [4.78, 5) is 0. The van der Waals surface area contributed by atoms with E-state index in [0.29, 0.717) is 0 Å². The molecule has 1 aliphatic carbocycles. The van der Waals surface area contributed by atoms with Gasteiger partial charge < -0.3 is 0 Å². The summed E-state index contributed by atoms with van der Waals surface area (Å²) >= 11 is 58.4. The Morgan fingerprint density at radius 3 is 0.938 bits per heavy atom. The van der Waals surface area contributed by atoms with E-state index in [1.54, 1.807) is 0 Å². The molecule has 0 heterocycles. The highest BCUT2D eigenvalue weighted by atomic mass is 35.6. The van der Waals surface area contributed by atoms with Crippen molar-refractivity contribution in [3.8, 4) is 0 Å². The van der Waals surface area contributed by atoms with Gasteiger partial charge in [0, 0.05) is 0 Å². The minimum absolute atomic E-state index is 2.07. The van der Waals surface area contributed by atoms with E-state index in [9.17, 15) is 0 Å². The van der Waals surface area contributed by atoms with Crippen LogP contribution in [0.4, 0.5) is 0 Å². The average molecular weight is 427 g/mol. The molecule has 0 bridgehead atoms. The summed E-state index contributed by atoms with van der Waals surface area (Å²) in [5.41, 5.74) is 0. The lowest BCUT2D eigenvalue weighted by Crippen LogP contribution is -2.69. The fourth-order valence-electron chi connectivity index (χ4n) is 0.946. The van der Waals surface area contributed by atoms with E-state index in [2.05, 4.69) is 6.42 Å². The third-order valence-electron chi connectivity index (χ3n) is 1.89. The van der Waals surface area contributed by atoms with Crippen LogP contribution in [-0.4, -0.2) is 21.7 Å². The van der Waals surface area contributed by atoms with Crippen LogP contribution in [-0.2, 0) is 0 Å². The third kappa shape index (κ3) is 2.12. The largest absolute Gasteiger partial charge is 0.189 e. The summed E-state index contributed by atoms with van der Waals surface area (Å²) in [6, 6.07) is 0. The van der Waals surface area contributed by atoms with E-state index >= 15 is 0 Å². The van der Waals surface area contributed by atoms with Crippen LogP contribution in [0.1, 0.15) is 0 Å². The summed E-state index contributed by atoms with van der Waals surface area (Å²) in [6.45, 7) is 0. The smallest absolute Gasteiger partial charge is 0.0974 e. The Labute approximate surface area is 143 Å². The van der Waals surface area contributed by atoms with Gasteiger partial charge >= 0.3 is 0 Å². The molecule has 2 radical (unpaired) electrons. The Morgan fingerprint density at radius 2 is 0.688 bits per heavy atom. The Morgan fingerprint density at radius 1 is 0.438 bits per heavy atom. The van der Waals surface area contributed by atoms with Crippen LogP contribution in [0, 0.1) is 6.42 Å². The molecular formula is C6Cl10. The van der Waals surface area contributed by atoms with Crippen molar-refractivity contribution in [2.24, 2.45) is 0 Å². The van der Waals surface area contributed by atoms with Crippen molar-refractivity contribution in [1.29, 1.82) is 0 Å². The lowest BCUT2D eigenvalue weighted by Gasteiger charge is -2.55. The minimum atomic E-state index is -2.25. The van der Waals surface area contributed by atoms with Gasteiger partial charge in [-0.15, -0.1) is 0 Å². The molecule has 1 fully saturated rings. The zero-order chi connectivity index (χ0) is 13.2. The van der Waals surface area contributed by atoms with E-state index in [4.69, 9.17) is 116 Å². The van der Waals surface area contributed by atoms with Gasteiger partial charge in [0.25, 0.3) is 0 Å². The molecule has 0 atom stereocenters. The first-order valence-electron chi connectivity index (χ1n) is 3.39. The zero-order valence-electron chi connectivity index (χ0n) is 6.78. The second kappa shape index (κ2) is 4.45.